The zero-order valence-corrected chi connectivity index (χ0v) is 10.3. The zero-order valence-electron chi connectivity index (χ0n) is 9.49. The zero-order chi connectivity index (χ0) is 13.7. The van der Waals surface area contributed by atoms with Crippen LogP contribution < -0.4 is 0 Å². The average Bonchev–Trinajstić information content (AvgIpc) is 2.27. The molecule has 0 amide bonds. The van der Waals surface area contributed by atoms with Crippen LogP contribution in [0.4, 0.5) is 5.69 Å². The molecule has 1 aromatic carbocycles. The fourth-order valence-electron chi connectivity index (χ4n) is 1.33. The maximum absolute atomic E-state index is 10.6. The van der Waals surface area contributed by atoms with Gasteiger partial charge in [-0.25, -0.2) is 0 Å². The number of rotatable bonds is 5. The summed E-state index contributed by atoms with van der Waals surface area (Å²) in [5, 5.41) is 27.9. The molecule has 94 valence electrons. The number of aliphatic carboxylic acids is 1. The topological polar surface area (TPSA) is 104 Å². The van der Waals surface area contributed by atoms with Crippen molar-refractivity contribution in [2.75, 3.05) is 0 Å². The molecule has 0 aromatic heterocycles. The van der Waals surface area contributed by atoms with Crippen LogP contribution in [0.25, 0.3) is 0 Å². The number of nitriles is 1. The Labute approximate surface area is 107 Å². The number of hydrogen-bond acceptors (Lipinski definition) is 5. The number of nitrogens with zero attached hydrogens (tertiary/aromatic N) is 2. The third-order valence-corrected chi connectivity index (χ3v) is 3.26. The van der Waals surface area contributed by atoms with Crippen molar-refractivity contribution in [3.05, 3.63) is 33.9 Å². The Morgan fingerprint density at radius 3 is 2.83 bits per heavy atom. The van der Waals surface area contributed by atoms with Gasteiger partial charge in [0.25, 0.3) is 5.69 Å². The molecular weight excluding hydrogens is 256 g/mol. The summed E-state index contributed by atoms with van der Waals surface area (Å²) in [6, 6.07) is 5.84. The summed E-state index contributed by atoms with van der Waals surface area (Å²) in [5.74, 6) is -0.921. The van der Waals surface area contributed by atoms with Crippen LogP contribution in [-0.2, 0) is 4.79 Å². The molecule has 0 aliphatic rings. The van der Waals surface area contributed by atoms with Crippen molar-refractivity contribution in [1.29, 1.82) is 5.26 Å². The van der Waals surface area contributed by atoms with Gasteiger partial charge < -0.3 is 5.11 Å². The molecule has 18 heavy (non-hydrogen) atoms. The first-order valence-corrected chi connectivity index (χ1v) is 5.89. The van der Waals surface area contributed by atoms with Gasteiger partial charge in [0.2, 0.25) is 0 Å². The summed E-state index contributed by atoms with van der Waals surface area (Å²) in [6.07, 6.45) is -0.0352. The first-order chi connectivity index (χ1) is 8.43. The number of thioether (sulfide) groups is 1. The minimum Gasteiger partial charge on any atom is -0.481 e. The highest BCUT2D eigenvalue weighted by atomic mass is 32.2. The number of carbonyl (C=O) groups is 1. The van der Waals surface area contributed by atoms with Crippen molar-refractivity contribution in [2.24, 2.45) is 0 Å². The van der Waals surface area contributed by atoms with E-state index in [4.69, 9.17) is 10.4 Å². The summed E-state index contributed by atoms with van der Waals surface area (Å²) < 4.78 is 0. The van der Waals surface area contributed by atoms with E-state index >= 15 is 0 Å². The third-order valence-electron chi connectivity index (χ3n) is 2.08. The normalized spacial score (nSPS) is 11.6. The number of hydrogen-bond donors (Lipinski definition) is 1. The Hall–Kier alpha value is -2.07. The van der Waals surface area contributed by atoms with E-state index in [2.05, 4.69) is 0 Å². The molecule has 0 spiro atoms. The van der Waals surface area contributed by atoms with Crippen LogP contribution in [0.15, 0.2) is 23.1 Å². The maximum Gasteiger partial charge on any atom is 0.304 e. The van der Waals surface area contributed by atoms with Crippen molar-refractivity contribution in [2.45, 2.75) is 23.5 Å². The second-order valence-corrected chi connectivity index (χ2v) is 5.06. The molecule has 0 aliphatic heterocycles. The van der Waals surface area contributed by atoms with Crippen LogP contribution in [0.3, 0.4) is 0 Å². The molecule has 7 heteroatoms. The molecule has 0 bridgehead atoms. The van der Waals surface area contributed by atoms with Crippen LogP contribution in [0, 0.1) is 21.4 Å². The lowest BCUT2D eigenvalue weighted by atomic mass is 10.2. The Kier molecular flexibility index (Phi) is 4.68. The number of carboxylic acid groups (broad SMARTS) is 1. The highest BCUT2D eigenvalue weighted by Crippen LogP contribution is 2.30. The minimum atomic E-state index is -0.921. The lowest BCUT2D eigenvalue weighted by molar-refractivity contribution is -0.384. The van der Waals surface area contributed by atoms with Crippen molar-refractivity contribution in [3.63, 3.8) is 0 Å². The number of nitro benzene ring substituents is 1. The fraction of sp³-hybridized carbons (Fsp3) is 0.273. The molecule has 0 fully saturated rings. The van der Waals surface area contributed by atoms with Crippen LogP contribution in [-0.4, -0.2) is 21.2 Å². The molecule has 1 aromatic rings. The van der Waals surface area contributed by atoms with E-state index in [0.717, 1.165) is 0 Å². The Morgan fingerprint density at radius 2 is 2.33 bits per heavy atom. The third kappa shape index (κ3) is 3.75. The largest absolute Gasteiger partial charge is 0.481 e. The van der Waals surface area contributed by atoms with Crippen LogP contribution in [0.2, 0.25) is 0 Å². The second-order valence-electron chi connectivity index (χ2n) is 3.58. The van der Waals surface area contributed by atoms with E-state index in [1.165, 1.54) is 30.0 Å². The Morgan fingerprint density at radius 1 is 1.67 bits per heavy atom. The lowest BCUT2D eigenvalue weighted by Gasteiger charge is -2.09. The first-order valence-electron chi connectivity index (χ1n) is 5.01. The first kappa shape index (κ1) is 14.0. The van der Waals surface area contributed by atoms with Gasteiger partial charge in [-0.3, -0.25) is 14.9 Å². The maximum atomic E-state index is 10.6. The molecule has 0 aliphatic carbocycles. The highest BCUT2D eigenvalue weighted by molar-refractivity contribution is 8.00. The molecule has 0 radical (unpaired) electrons. The molecule has 1 unspecified atom stereocenters. The summed E-state index contributed by atoms with van der Waals surface area (Å²) in [6.45, 7) is 1.72. The standard InChI is InChI=1S/C11H10N2O4S/c1-7(4-11(14)15)18-10-3-2-9(13(16)17)5-8(10)6-12/h2-3,5,7H,4H2,1H3,(H,14,15). The van der Waals surface area contributed by atoms with E-state index in [0.29, 0.717) is 4.90 Å². The molecule has 0 saturated heterocycles. The van der Waals surface area contributed by atoms with Crippen molar-refractivity contribution in [1.82, 2.24) is 0 Å². The monoisotopic (exact) mass is 266 g/mol. The highest BCUT2D eigenvalue weighted by Gasteiger charge is 2.15. The second kappa shape index (κ2) is 6.02. The Balaban J connectivity index is 2.93. The number of non-ortho nitro benzene ring substituents is 1. The van der Waals surface area contributed by atoms with Gasteiger partial charge in [-0.2, -0.15) is 5.26 Å². The quantitative estimate of drug-likeness (QED) is 0.498. The molecular formula is C11H10N2O4S. The van der Waals surface area contributed by atoms with Gasteiger partial charge in [0, 0.05) is 22.3 Å². The van der Waals surface area contributed by atoms with E-state index in [1.807, 2.05) is 6.07 Å². The molecule has 1 rings (SSSR count). The van der Waals surface area contributed by atoms with Gasteiger partial charge in [-0.15, -0.1) is 11.8 Å². The predicted octanol–water partition coefficient (Wildman–Crippen LogP) is 2.42. The van der Waals surface area contributed by atoms with E-state index in [-0.39, 0.29) is 22.9 Å². The number of benzene rings is 1. The van der Waals surface area contributed by atoms with Gasteiger partial charge in [0.15, 0.2) is 0 Å². The molecule has 0 heterocycles. The summed E-state index contributed by atoms with van der Waals surface area (Å²) >= 11 is 1.22. The van der Waals surface area contributed by atoms with Crippen molar-refractivity contribution in [3.8, 4) is 6.07 Å². The van der Waals surface area contributed by atoms with Crippen LogP contribution in [0.1, 0.15) is 18.9 Å². The van der Waals surface area contributed by atoms with Gasteiger partial charge in [-0.05, 0) is 6.07 Å². The minimum absolute atomic E-state index is 0.0352. The van der Waals surface area contributed by atoms with Gasteiger partial charge >= 0.3 is 5.97 Å². The SMILES string of the molecule is CC(CC(=O)O)Sc1ccc([N+](=O)[O-])cc1C#N. The van der Waals surface area contributed by atoms with Gasteiger partial charge in [-0.1, -0.05) is 6.92 Å². The predicted molar refractivity (Wildman–Crippen MR) is 65.4 cm³/mol. The molecule has 1 atom stereocenters. The molecule has 0 saturated carbocycles. The van der Waals surface area contributed by atoms with Crippen molar-refractivity contribution >= 4 is 23.4 Å². The van der Waals surface area contributed by atoms with E-state index < -0.39 is 10.9 Å². The van der Waals surface area contributed by atoms with Gasteiger partial charge in [0.1, 0.15) is 6.07 Å². The van der Waals surface area contributed by atoms with Crippen molar-refractivity contribution < 1.29 is 14.8 Å². The van der Waals surface area contributed by atoms with Gasteiger partial charge in [0.05, 0.1) is 16.9 Å². The Bertz CT molecular complexity index is 524. The number of carboxylic acids is 1. The van der Waals surface area contributed by atoms with Crippen LogP contribution >= 0.6 is 11.8 Å². The summed E-state index contributed by atoms with van der Waals surface area (Å²) in [5.41, 5.74) is 0.0354. The smallest absolute Gasteiger partial charge is 0.304 e. The lowest BCUT2D eigenvalue weighted by Crippen LogP contribution is -2.05. The fourth-order valence-corrected chi connectivity index (χ4v) is 2.36. The number of nitro groups is 1. The van der Waals surface area contributed by atoms with E-state index in [1.54, 1.807) is 6.92 Å². The summed E-state index contributed by atoms with van der Waals surface area (Å²) in [4.78, 5) is 21.1. The summed E-state index contributed by atoms with van der Waals surface area (Å²) in [7, 11) is 0. The van der Waals surface area contributed by atoms with E-state index in [9.17, 15) is 14.9 Å². The molecule has 6 nitrogen and oxygen atoms in total. The van der Waals surface area contributed by atoms with Crippen LogP contribution in [0.5, 0.6) is 0 Å². The average molecular weight is 266 g/mol. The molecule has 1 N–H and O–H groups in total.